The highest BCUT2D eigenvalue weighted by molar-refractivity contribution is 5.93. The Morgan fingerprint density at radius 3 is 2.79 bits per heavy atom. The fourth-order valence-corrected chi connectivity index (χ4v) is 3.38. The molecule has 0 aliphatic heterocycles. The maximum absolute atomic E-state index is 5.36. The Labute approximate surface area is 167 Å². The molecule has 0 aliphatic rings. The van der Waals surface area contributed by atoms with Gasteiger partial charge in [0.15, 0.2) is 5.82 Å². The van der Waals surface area contributed by atoms with Crippen LogP contribution in [0.15, 0.2) is 66.9 Å². The fourth-order valence-electron chi connectivity index (χ4n) is 3.38. The minimum Gasteiger partial charge on any atom is -0.497 e. The summed E-state index contributed by atoms with van der Waals surface area (Å²) in [6.07, 6.45) is 1.81. The zero-order valence-corrected chi connectivity index (χ0v) is 16.1. The van der Waals surface area contributed by atoms with Crippen molar-refractivity contribution in [3.63, 3.8) is 0 Å². The number of hydrogen-bond donors (Lipinski definition) is 2. The Bertz CT molecular complexity index is 1340. The number of aryl methyl sites for hydroxylation is 1. The molecule has 3 aromatic carbocycles. The molecule has 2 heterocycles. The van der Waals surface area contributed by atoms with Gasteiger partial charge in [0, 0.05) is 22.0 Å². The summed E-state index contributed by atoms with van der Waals surface area (Å²) in [4.78, 5) is 9.64. The second kappa shape index (κ2) is 6.91. The van der Waals surface area contributed by atoms with Gasteiger partial charge in [0.05, 0.1) is 24.3 Å². The van der Waals surface area contributed by atoms with E-state index in [1.54, 1.807) is 7.11 Å². The number of aromatic nitrogens is 4. The number of anilines is 2. The molecule has 2 aromatic heterocycles. The largest absolute Gasteiger partial charge is 0.497 e. The molecular formula is C23H19N5O. The number of nitrogens with one attached hydrogen (secondary N) is 2. The van der Waals surface area contributed by atoms with Gasteiger partial charge in [0.2, 0.25) is 0 Å². The number of H-pyrrole nitrogens is 1. The number of nitrogens with zero attached hydrogens (tertiary/aromatic N) is 3. The standard InChI is InChI=1S/C23H19N5O/c1-14-6-8-19-21(10-14)26-22(15-4-3-5-18(12-15)29-2)27-23(19)25-17-7-9-20-16(11-17)13-24-28-20/h3-13H,1-2H3,(H,24,28)(H,25,26,27). The first-order valence-electron chi connectivity index (χ1n) is 9.32. The second-order valence-corrected chi connectivity index (χ2v) is 6.95. The molecule has 0 unspecified atom stereocenters. The van der Waals surface area contributed by atoms with Gasteiger partial charge in [-0.15, -0.1) is 0 Å². The number of aromatic amines is 1. The zero-order chi connectivity index (χ0) is 19.8. The van der Waals surface area contributed by atoms with E-state index in [2.05, 4.69) is 40.6 Å². The van der Waals surface area contributed by atoms with E-state index in [0.717, 1.165) is 50.2 Å². The van der Waals surface area contributed by atoms with Crippen LogP contribution in [0.5, 0.6) is 5.75 Å². The van der Waals surface area contributed by atoms with E-state index < -0.39 is 0 Å². The van der Waals surface area contributed by atoms with Crippen molar-refractivity contribution in [2.75, 3.05) is 12.4 Å². The van der Waals surface area contributed by atoms with E-state index in [4.69, 9.17) is 14.7 Å². The molecule has 0 amide bonds. The van der Waals surface area contributed by atoms with Crippen molar-refractivity contribution < 1.29 is 4.74 Å². The maximum Gasteiger partial charge on any atom is 0.162 e. The quantitative estimate of drug-likeness (QED) is 0.446. The van der Waals surface area contributed by atoms with Crippen LogP contribution < -0.4 is 10.1 Å². The van der Waals surface area contributed by atoms with Crippen molar-refractivity contribution in [1.29, 1.82) is 0 Å². The Kier molecular flexibility index (Phi) is 4.09. The Balaban J connectivity index is 1.65. The van der Waals surface area contributed by atoms with Crippen molar-refractivity contribution in [3.8, 4) is 17.1 Å². The normalized spacial score (nSPS) is 11.1. The monoisotopic (exact) mass is 381 g/mol. The van der Waals surface area contributed by atoms with E-state index in [1.807, 2.05) is 48.7 Å². The van der Waals surface area contributed by atoms with Gasteiger partial charge in [-0.05, 0) is 55.0 Å². The van der Waals surface area contributed by atoms with Gasteiger partial charge in [-0.3, -0.25) is 5.10 Å². The van der Waals surface area contributed by atoms with Crippen LogP contribution in [0.4, 0.5) is 11.5 Å². The molecule has 29 heavy (non-hydrogen) atoms. The van der Waals surface area contributed by atoms with Gasteiger partial charge >= 0.3 is 0 Å². The lowest BCUT2D eigenvalue weighted by Gasteiger charge is -2.12. The first-order valence-corrected chi connectivity index (χ1v) is 9.32. The van der Waals surface area contributed by atoms with Gasteiger partial charge in [0.1, 0.15) is 11.6 Å². The third-order valence-corrected chi connectivity index (χ3v) is 4.88. The van der Waals surface area contributed by atoms with E-state index in [-0.39, 0.29) is 0 Å². The van der Waals surface area contributed by atoms with Gasteiger partial charge in [-0.2, -0.15) is 5.10 Å². The van der Waals surface area contributed by atoms with E-state index in [1.165, 1.54) is 0 Å². The van der Waals surface area contributed by atoms with Crippen LogP contribution in [0.2, 0.25) is 0 Å². The molecule has 0 saturated carbocycles. The lowest BCUT2D eigenvalue weighted by Crippen LogP contribution is -2.00. The Hall–Kier alpha value is -3.93. The summed E-state index contributed by atoms with van der Waals surface area (Å²) in [7, 11) is 1.66. The molecule has 5 aromatic rings. The number of rotatable bonds is 4. The predicted octanol–water partition coefficient (Wildman–Crippen LogP) is 5.23. The third-order valence-electron chi connectivity index (χ3n) is 4.88. The molecular weight excluding hydrogens is 362 g/mol. The van der Waals surface area contributed by atoms with E-state index in [9.17, 15) is 0 Å². The summed E-state index contributed by atoms with van der Waals surface area (Å²) in [6, 6.07) is 20.0. The molecule has 0 spiro atoms. The highest BCUT2D eigenvalue weighted by Gasteiger charge is 2.11. The zero-order valence-electron chi connectivity index (χ0n) is 16.1. The lowest BCUT2D eigenvalue weighted by atomic mass is 10.1. The van der Waals surface area contributed by atoms with Crippen LogP contribution in [-0.4, -0.2) is 27.3 Å². The Morgan fingerprint density at radius 2 is 1.90 bits per heavy atom. The van der Waals surface area contributed by atoms with E-state index >= 15 is 0 Å². The molecule has 0 fully saturated rings. The average Bonchev–Trinajstić information content (AvgIpc) is 3.21. The van der Waals surface area contributed by atoms with Crippen molar-refractivity contribution in [2.24, 2.45) is 0 Å². The minimum absolute atomic E-state index is 0.647. The van der Waals surface area contributed by atoms with Crippen LogP contribution >= 0.6 is 0 Å². The highest BCUT2D eigenvalue weighted by atomic mass is 16.5. The summed E-state index contributed by atoms with van der Waals surface area (Å²) >= 11 is 0. The van der Waals surface area contributed by atoms with Crippen LogP contribution in [0, 0.1) is 6.92 Å². The van der Waals surface area contributed by atoms with Crippen molar-refractivity contribution in [2.45, 2.75) is 6.92 Å². The summed E-state index contributed by atoms with van der Waals surface area (Å²) in [6.45, 7) is 2.06. The van der Waals surface area contributed by atoms with Crippen molar-refractivity contribution >= 4 is 33.3 Å². The van der Waals surface area contributed by atoms with E-state index in [0.29, 0.717) is 5.82 Å². The Morgan fingerprint density at radius 1 is 0.966 bits per heavy atom. The molecule has 0 bridgehead atoms. The highest BCUT2D eigenvalue weighted by Crippen LogP contribution is 2.30. The molecule has 0 saturated heterocycles. The number of ether oxygens (including phenoxy) is 1. The number of fused-ring (bicyclic) bond motifs is 2. The SMILES string of the molecule is COc1cccc(-c2nc(Nc3ccc4[nH]ncc4c3)c3ccc(C)cc3n2)c1. The molecule has 6 heteroatoms. The first-order chi connectivity index (χ1) is 14.2. The fraction of sp³-hybridized carbons (Fsp3) is 0.0870. The smallest absolute Gasteiger partial charge is 0.162 e. The average molecular weight is 381 g/mol. The van der Waals surface area contributed by atoms with Crippen LogP contribution in [-0.2, 0) is 0 Å². The predicted molar refractivity (Wildman–Crippen MR) is 116 cm³/mol. The summed E-state index contributed by atoms with van der Waals surface area (Å²) in [5.41, 5.74) is 4.89. The molecule has 5 rings (SSSR count). The molecule has 0 radical (unpaired) electrons. The summed E-state index contributed by atoms with van der Waals surface area (Å²) < 4.78 is 5.36. The molecule has 2 N–H and O–H groups in total. The van der Waals surface area contributed by atoms with Gasteiger partial charge in [0.25, 0.3) is 0 Å². The number of methoxy groups -OCH3 is 1. The number of benzene rings is 3. The van der Waals surface area contributed by atoms with Crippen LogP contribution in [0.1, 0.15) is 5.56 Å². The molecule has 6 nitrogen and oxygen atoms in total. The lowest BCUT2D eigenvalue weighted by molar-refractivity contribution is 0.415. The number of hydrogen-bond acceptors (Lipinski definition) is 5. The van der Waals surface area contributed by atoms with Crippen LogP contribution in [0.3, 0.4) is 0 Å². The van der Waals surface area contributed by atoms with Crippen molar-refractivity contribution in [3.05, 3.63) is 72.4 Å². The van der Waals surface area contributed by atoms with Crippen molar-refractivity contribution in [1.82, 2.24) is 20.2 Å². The minimum atomic E-state index is 0.647. The molecule has 0 atom stereocenters. The maximum atomic E-state index is 5.36. The van der Waals surface area contributed by atoms with Gasteiger partial charge in [-0.1, -0.05) is 18.2 Å². The second-order valence-electron chi connectivity index (χ2n) is 6.95. The summed E-state index contributed by atoms with van der Waals surface area (Å²) in [5, 5.41) is 12.5. The molecule has 142 valence electrons. The molecule has 0 aliphatic carbocycles. The first kappa shape index (κ1) is 17.2. The van der Waals surface area contributed by atoms with Gasteiger partial charge < -0.3 is 10.1 Å². The topological polar surface area (TPSA) is 75.7 Å². The van der Waals surface area contributed by atoms with Gasteiger partial charge in [-0.25, -0.2) is 9.97 Å². The van der Waals surface area contributed by atoms with Crippen LogP contribution in [0.25, 0.3) is 33.2 Å². The summed E-state index contributed by atoms with van der Waals surface area (Å²) in [5.74, 6) is 2.18. The third kappa shape index (κ3) is 3.25.